The SMILES string of the molecule is Cc1ccccc1N=Nc1ccc(N2C(=O)/C(=C/c3ccccc3)SC2=S)c(C)c1. The number of anilines is 1. The third-order valence-electron chi connectivity index (χ3n) is 4.70. The van der Waals surface area contributed by atoms with Gasteiger partial charge in [-0.25, -0.2) is 0 Å². The molecule has 0 radical (unpaired) electrons. The first kappa shape index (κ1) is 20.2. The Morgan fingerprint density at radius 3 is 2.37 bits per heavy atom. The first-order valence-electron chi connectivity index (χ1n) is 9.44. The number of thiocarbonyl (C=S) groups is 1. The lowest BCUT2D eigenvalue weighted by Crippen LogP contribution is -2.28. The molecule has 1 heterocycles. The molecule has 0 saturated carbocycles. The maximum atomic E-state index is 13.0. The van der Waals surface area contributed by atoms with Crippen LogP contribution in [0.3, 0.4) is 0 Å². The number of azo groups is 1. The molecule has 1 aliphatic heterocycles. The highest BCUT2D eigenvalue weighted by Gasteiger charge is 2.34. The molecule has 6 heteroatoms. The van der Waals surface area contributed by atoms with Crippen LogP contribution in [0.1, 0.15) is 16.7 Å². The minimum Gasteiger partial charge on any atom is -0.268 e. The Kier molecular flexibility index (Phi) is 5.88. The fourth-order valence-corrected chi connectivity index (χ4v) is 4.40. The lowest BCUT2D eigenvalue weighted by atomic mass is 10.1. The fraction of sp³-hybridized carbons (Fsp3) is 0.0833. The van der Waals surface area contributed by atoms with E-state index in [9.17, 15) is 4.79 Å². The van der Waals surface area contributed by atoms with Crippen molar-refractivity contribution in [3.8, 4) is 0 Å². The van der Waals surface area contributed by atoms with Crippen LogP contribution >= 0.6 is 24.0 Å². The number of thioether (sulfide) groups is 1. The predicted molar refractivity (Wildman–Crippen MR) is 129 cm³/mol. The van der Waals surface area contributed by atoms with E-state index in [1.807, 2.05) is 92.7 Å². The summed E-state index contributed by atoms with van der Waals surface area (Å²) in [5, 5.41) is 8.69. The van der Waals surface area contributed by atoms with Gasteiger partial charge in [0.2, 0.25) is 0 Å². The average Bonchev–Trinajstić information content (AvgIpc) is 3.01. The summed E-state index contributed by atoms with van der Waals surface area (Å²) in [6.07, 6.45) is 1.87. The normalized spacial score (nSPS) is 15.5. The van der Waals surface area contributed by atoms with Crippen LogP contribution < -0.4 is 4.90 Å². The molecule has 1 fully saturated rings. The first-order valence-corrected chi connectivity index (χ1v) is 10.7. The van der Waals surface area contributed by atoms with Gasteiger partial charge in [-0.15, -0.1) is 0 Å². The minimum atomic E-state index is -0.105. The molecule has 0 N–H and O–H groups in total. The van der Waals surface area contributed by atoms with E-state index in [1.54, 1.807) is 4.90 Å². The number of nitrogens with zero attached hydrogens (tertiary/aromatic N) is 3. The molecule has 0 aromatic heterocycles. The van der Waals surface area contributed by atoms with Crippen LogP contribution in [0.4, 0.5) is 17.1 Å². The maximum absolute atomic E-state index is 13.0. The van der Waals surface area contributed by atoms with Crippen molar-refractivity contribution in [1.82, 2.24) is 0 Å². The molecule has 4 rings (SSSR count). The zero-order valence-corrected chi connectivity index (χ0v) is 18.2. The number of hydrogen-bond acceptors (Lipinski definition) is 5. The van der Waals surface area contributed by atoms with Gasteiger partial charge >= 0.3 is 0 Å². The van der Waals surface area contributed by atoms with Gasteiger partial charge in [0.15, 0.2) is 4.32 Å². The summed E-state index contributed by atoms with van der Waals surface area (Å²) >= 11 is 6.82. The average molecular weight is 430 g/mol. The molecule has 30 heavy (non-hydrogen) atoms. The predicted octanol–water partition coefficient (Wildman–Crippen LogP) is 7.12. The van der Waals surface area contributed by atoms with Crippen molar-refractivity contribution >= 4 is 57.3 Å². The lowest BCUT2D eigenvalue weighted by molar-refractivity contribution is -0.113. The van der Waals surface area contributed by atoms with Crippen LogP contribution in [-0.4, -0.2) is 10.2 Å². The number of carbonyl (C=O) groups is 1. The van der Waals surface area contributed by atoms with E-state index >= 15 is 0 Å². The molecule has 1 aliphatic rings. The third kappa shape index (κ3) is 4.25. The van der Waals surface area contributed by atoms with Gasteiger partial charge in [-0.1, -0.05) is 72.5 Å². The van der Waals surface area contributed by atoms with Gasteiger partial charge in [-0.05, 0) is 60.9 Å². The second-order valence-electron chi connectivity index (χ2n) is 6.89. The maximum Gasteiger partial charge on any atom is 0.270 e. The molecule has 1 amide bonds. The van der Waals surface area contributed by atoms with Crippen molar-refractivity contribution in [2.75, 3.05) is 4.90 Å². The van der Waals surface area contributed by atoms with Crippen LogP contribution in [-0.2, 0) is 4.79 Å². The first-order chi connectivity index (χ1) is 14.5. The van der Waals surface area contributed by atoms with Gasteiger partial charge in [0.05, 0.1) is 22.0 Å². The van der Waals surface area contributed by atoms with E-state index in [1.165, 1.54) is 11.8 Å². The molecule has 0 spiro atoms. The van der Waals surface area contributed by atoms with Gasteiger partial charge in [0.1, 0.15) is 0 Å². The molecule has 0 bridgehead atoms. The van der Waals surface area contributed by atoms with E-state index in [0.29, 0.717) is 9.23 Å². The minimum absolute atomic E-state index is 0.105. The Bertz CT molecular complexity index is 1190. The molecule has 3 aromatic rings. The highest BCUT2D eigenvalue weighted by Crippen LogP contribution is 2.38. The number of amides is 1. The molecule has 148 valence electrons. The Balaban J connectivity index is 1.59. The summed E-state index contributed by atoms with van der Waals surface area (Å²) in [6, 6.07) is 23.2. The number of benzene rings is 3. The van der Waals surface area contributed by atoms with E-state index < -0.39 is 0 Å². The molecule has 0 unspecified atom stereocenters. The standard InChI is InChI=1S/C24H19N3OS2/c1-16-8-6-7-11-20(16)26-25-19-12-13-21(17(2)14-19)27-23(28)22(30-24(27)29)15-18-9-4-3-5-10-18/h3-15H,1-2H3/b22-15-,26-25?. The zero-order valence-electron chi connectivity index (χ0n) is 16.6. The smallest absolute Gasteiger partial charge is 0.268 e. The molecular formula is C24H19N3OS2. The van der Waals surface area contributed by atoms with E-state index in [4.69, 9.17) is 12.2 Å². The quantitative estimate of drug-likeness (QED) is 0.252. The third-order valence-corrected chi connectivity index (χ3v) is 6.00. The van der Waals surface area contributed by atoms with Crippen LogP contribution in [0.2, 0.25) is 0 Å². The molecular weight excluding hydrogens is 410 g/mol. The second kappa shape index (κ2) is 8.73. The van der Waals surface area contributed by atoms with Gasteiger partial charge in [-0.2, -0.15) is 10.2 Å². The van der Waals surface area contributed by atoms with Crippen molar-refractivity contribution in [1.29, 1.82) is 0 Å². The van der Waals surface area contributed by atoms with Crippen molar-refractivity contribution in [3.05, 3.63) is 94.4 Å². The summed E-state index contributed by atoms with van der Waals surface area (Å²) < 4.78 is 0.527. The van der Waals surface area contributed by atoms with Gasteiger partial charge in [0, 0.05) is 0 Å². The Morgan fingerprint density at radius 1 is 0.900 bits per heavy atom. The Labute approximate surface area is 185 Å². The number of aryl methyl sites for hydroxylation is 2. The summed E-state index contributed by atoms with van der Waals surface area (Å²) in [5.41, 5.74) is 5.28. The van der Waals surface area contributed by atoms with Crippen molar-refractivity contribution in [2.24, 2.45) is 10.2 Å². The fourth-order valence-electron chi connectivity index (χ4n) is 3.12. The number of carbonyl (C=O) groups excluding carboxylic acids is 1. The number of hydrogen-bond donors (Lipinski definition) is 0. The van der Waals surface area contributed by atoms with Gasteiger partial charge in [0.25, 0.3) is 5.91 Å². The molecule has 3 aromatic carbocycles. The van der Waals surface area contributed by atoms with Crippen LogP contribution in [0.25, 0.3) is 6.08 Å². The molecule has 4 nitrogen and oxygen atoms in total. The summed E-state index contributed by atoms with van der Waals surface area (Å²) in [5.74, 6) is -0.105. The summed E-state index contributed by atoms with van der Waals surface area (Å²) in [6.45, 7) is 3.95. The van der Waals surface area contributed by atoms with Crippen LogP contribution in [0.5, 0.6) is 0 Å². The zero-order chi connectivity index (χ0) is 21.1. The Hall–Kier alpha value is -3.09. The van der Waals surface area contributed by atoms with Crippen LogP contribution in [0.15, 0.2) is 87.9 Å². The number of rotatable bonds is 4. The molecule has 1 saturated heterocycles. The summed E-state index contributed by atoms with van der Waals surface area (Å²) in [7, 11) is 0. The topological polar surface area (TPSA) is 45.0 Å². The van der Waals surface area contributed by atoms with Crippen molar-refractivity contribution in [2.45, 2.75) is 13.8 Å². The largest absolute Gasteiger partial charge is 0.270 e. The monoisotopic (exact) mass is 429 g/mol. The van der Waals surface area contributed by atoms with E-state index in [2.05, 4.69) is 10.2 Å². The highest BCUT2D eigenvalue weighted by atomic mass is 32.2. The lowest BCUT2D eigenvalue weighted by Gasteiger charge is -2.17. The van der Waals surface area contributed by atoms with E-state index in [0.717, 1.165) is 33.8 Å². The molecule has 0 atom stereocenters. The van der Waals surface area contributed by atoms with Crippen molar-refractivity contribution < 1.29 is 4.79 Å². The molecule has 0 aliphatic carbocycles. The van der Waals surface area contributed by atoms with Crippen molar-refractivity contribution in [3.63, 3.8) is 0 Å². The Morgan fingerprint density at radius 2 is 1.63 bits per heavy atom. The van der Waals surface area contributed by atoms with Gasteiger partial charge in [-0.3, -0.25) is 9.69 Å². The van der Waals surface area contributed by atoms with Crippen LogP contribution in [0, 0.1) is 13.8 Å². The van der Waals surface area contributed by atoms with E-state index in [-0.39, 0.29) is 5.91 Å². The van der Waals surface area contributed by atoms with Gasteiger partial charge < -0.3 is 0 Å². The second-order valence-corrected chi connectivity index (χ2v) is 8.56. The highest BCUT2D eigenvalue weighted by molar-refractivity contribution is 8.27. The summed E-state index contributed by atoms with van der Waals surface area (Å²) in [4.78, 5) is 15.2.